The number of nitriles is 1. The van der Waals surface area contributed by atoms with Crippen molar-refractivity contribution in [1.82, 2.24) is 14.6 Å². The first-order valence-corrected chi connectivity index (χ1v) is 7.52. The summed E-state index contributed by atoms with van der Waals surface area (Å²) >= 11 is 2.23. The lowest BCUT2D eigenvalue weighted by molar-refractivity contribution is 0.870. The van der Waals surface area contributed by atoms with Gasteiger partial charge < -0.3 is 0 Å². The van der Waals surface area contributed by atoms with Gasteiger partial charge in [-0.2, -0.15) is 5.26 Å². The van der Waals surface area contributed by atoms with Crippen LogP contribution >= 0.6 is 22.6 Å². The standard InChI is InChI=1S/C15H11IN4O/c1-2-12-13(9-4-3-5-11(16)6-9)19-14-10(7-17)8-18-20(14)15(12)21/h3-6,8,18H,2H2,1H3. The summed E-state index contributed by atoms with van der Waals surface area (Å²) in [5.74, 6) is 0. The first-order chi connectivity index (χ1) is 10.2. The highest BCUT2D eigenvalue weighted by molar-refractivity contribution is 14.1. The molecule has 0 saturated heterocycles. The molecule has 0 bridgehead atoms. The largest absolute Gasteiger partial charge is 0.295 e. The Morgan fingerprint density at radius 2 is 2.29 bits per heavy atom. The zero-order valence-corrected chi connectivity index (χ0v) is 13.4. The molecule has 2 aromatic heterocycles. The number of benzene rings is 1. The summed E-state index contributed by atoms with van der Waals surface area (Å²) in [7, 11) is 0. The SMILES string of the molecule is CCc1c(-c2cccc(I)c2)nc2c(C#N)c[nH]n2c1=O. The van der Waals surface area contributed by atoms with E-state index in [1.165, 1.54) is 10.7 Å². The van der Waals surface area contributed by atoms with Crippen LogP contribution in [-0.2, 0) is 6.42 Å². The van der Waals surface area contributed by atoms with Gasteiger partial charge in [-0.1, -0.05) is 19.1 Å². The number of nitrogens with one attached hydrogen (secondary N) is 1. The fourth-order valence-corrected chi connectivity index (χ4v) is 2.87. The second-order valence-corrected chi connectivity index (χ2v) is 5.81. The Morgan fingerprint density at radius 1 is 1.48 bits per heavy atom. The van der Waals surface area contributed by atoms with Crippen LogP contribution in [0.1, 0.15) is 18.1 Å². The molecular weight excluding hydrogens is 379 g/mol. The van der Waals surface area contributed by atoms with Gasteiger partial charge in [-0.05, 0) is 41.1 Å². The summed E-state index contributed by atoms with van der Waals surface area (Å²) in [6, 6.07) is 9.88. The lowest BCUT2D eigenvalue weighted by Gasteiger charge is -2.08. The molecule has 1 N–H and O–H groups in total. The van der Waals surface area contributed by atoms with Crippen LogP contribution in [0, 0.1) is 14.9 Å². The molecule has 2 heterocycles. The van der Waals surface area contributed by atoms with E-state index in [1.54, 1.807) is 0 Å². The predicted octanol–water partition coefficient (Wildman–Crippen LogP) is 2.73. The summed E-state index contributed by atoms with van der Waals surface area (Å²) in [6.07, 6.45) is 2.08. The minimum absolute atomic E-state index is 0.155. The summed E-state index contributed by atoms with van der Waals surface area (Å²) in [4.78, 5) is 17.1. The maximum atomic E-state index is 12.5. The molecule has 0 aliphatic heterocycles. The molecule has 3 rings (SSSR count). The quantitative estimate of drug-likeness (QED) is 0.684. The molecule has 6 heteroatoms. The molecular formula is C15H11IN4O. The van der Waals surface area contributed by atoms with Gasteiger partial charge in [-0.25, -0.2) is 9.50 Å². The van der Waals surface area contributed by atoms with Gasteiger partial charge in [-0.15, -0.1) is 0 Å². The Kier molecular flexibility index (Phi) is 3.51. The second kappa shape index (κ2) is 5.33. The predicted molar refractivity (Wildman–Crippen MR) is 88.1 cm³/mol. The third-order valence-electron chi connectivity index (χ3n) is 3.33. The van der Waals surface area contributed by atoms with E-state index in [-0.39, 0.29) is 5.56 Å². The molecule has 104 valence electrons. The third-order valence-corrected chi connectivity index (χ3v) is 4.00. The van der Waals surface area contributed by atoms with Gasteiger partial charge in [0.05, 0.1) is 5.69 Å². The van der Waals surface area contributed by atoms with Crippen molar-refractivity contribution < 1.29 is 0 Å². The minimum atomic E-state index is -0.155. The third kappa shape index (κ3) is 2.23. The number of halogens is 1. The zero-order chi connectivity index (χ0) is 15.0. The minimum Gasteiger partial charge on any atom is -0.295 e. The van der Waals surface area contributed by atoms with Crippen LogP contribution in [0.2, 0.25) is 0 Å². The van der Waals surface area contributed by atoms with Gasteiger partial charge in [-0.3, -0.25) is 9.89 Å². The van der Waals surface area contributed by atoms with E-state index in [4.69, 9.17) is 5.26 Å². The lowest BCUT2D eigenvalue weighted by atomic mass is 10.1. The topological polar surface area (TPSA) is 73.9 Å². The van der Waals surface area contributed by atoms with E-state index in [1.807, 2.05) is 37.3 Å². The smallest absolute Gasteiger partial charge is 0.276 e. The van der Waals surface area contributed by atoms with Crippen molar-refractivity contribution in [3.05, 3.63) is 55.5 Å². The maximum absolute atomic E-state index is 12.5. The van der Waals surface area contributed by atoms with Crippen molar-refractivity contribution >= 4 is 28.2 Å². The normalized spacial score (nSPS) is 10.7. The van der Waals surface area contributed by atoms with Gasteiger partial charge in [0.25, 0.3) is 5.56 Å². The monoisotopic (exact) mass is 390 g/mol. The molecule has 0 spiro atoms. The molecule has 0 fully saturated rings. The Morgan fingerprint density at radius 3 is 2.95 bits per heavy atom. The van der Waals surface area contributed by atoms with E-state index in [9.17, 15) is 4.79 Å². The Bertz CT molecular complexity index is 933. The van der Waals surface area contributed by atoms with Crippen LogP contribution in [0.5, 0.6) is 0 Å². The van der Waals surface area contributed by atoms with E-state index < -0.39 is 0 Å². The molecule has 0 aliphatic rings. The average Bonchev–Trinajstić information content (AvgIpc) is 2.90. The summed E-state index contributed by atoms with van der Waals surface area (Å²) < 4.78 is 2.40. The Labute approximate surface area is 134 Å². The highest BCUT2D eigenvalue weighted by Gasteiger charge is 2.16. The zero-order valence-electron chi connectivity index (χ0n) is 11.2. The highest BCUT2D eigenvalue weighted by Crippen LogP contribution is 2.23. The van der Waals surface area contributed by atoms with Gasteiger partial charge >= 0.3 is 0 Å². The van der Waals surface area contributed by atoms with Crippen LogP contribution in [0.3, 0.4) is 0 Å². The molecule has 0 saturated carbocycles. The van der Waals surface area contributed by atoms with E-state index >= 15 is 0 Å². The van der Waals surface area contributed by atoms with Crippen molar-refractivity contribution in [2.45, 2.75) is 13.3 Å². The van der Waals surface area contributed by atoms with E-state index in [0.717, 1.165) is 9.13 Å². The van der Waals surface area contributed by atoms with Crippen LogP contribution in [0.15, 0.2) is 35.3 Å². The molecule has 0 atom stereocenters. The molecule has 0 amide bonds. The van der Waals surface area contributed by atoms with Crippen LogP contribution in [0.4, 0.5) is 0 Å². The van der Waals surface area contributed by atoms with Crippen molar-refractivity contribution in [3.8, 4) is 17.3 Å². The number of fused-ring (bicyclic) bond motifs is 1. The number of hydrogen-bond acceptors (Lipinski definition) is 3. The molecule has 1 aromatic carbocycles. The Balaban J connectivity index is 2.41. The highest BCUT2D eigenvalue weighted by atomic mass is 127. The van der Waals surface area contributed by atoms with Crippen molar-refractivity contribution in [3.63, 3.8) is 0 Å². The molecule has 3 aromatic rings. The van der Waals surface area contributed by atoms with Crippen molar-refractivity contribution in [1.29, 1.82) is 5.26 Å². The average molecular weight is 390 g/mol. The van der Waals surface area contributed by atoms with Gasteiger partial charge in [0.2, 0.25) is 0 Å². The number of H-pyrrole nitrogens is 1. The van der Waals surface area contributed by atoms with Gasteiger partial charge in [0.1, 0.15) is 11.6 Å². The number of aromatic nitrogens is 3. The number of nitrogens with zero attached hydrogens (tertiary/aromatic N) is 3. The molecule has 0 radical (unpaired) electrons. The van der Waals surface area contributed by atoms with Crippen molar-refractivity contribution in [2.24, 2.45) is 0 Å². The van der Waals surface area contributed by atoms with Crippen LogP contribution < -0.4 is 5.56 Å². The second-order valence-electron chi connectivity index (χ2n) is 4.57. The number of aromatic amines is 1. The first-order valence-electron chi connectivity index (χ1n) is 6.44. The van der Waals surface area contributed by atoms with Crippen LogP contribution in [-0.4, -0.2) is 14.6 Å². The molecule has 0 unspecified atom stereocenters. The van der Waals surface area contributed by atoms with Crippen molar-refractivity contribution in [2.75, 3.05) is 0 Å². The molecule has 0 aliphatic carbocycles. The Hall–Kier alpha value is -2.14. The van der Waals surface area contributed by atoms with Gasteiger partial charge in [0, 0.05) is 20.9 Å². The number of rotatable bonds is 2. The maximum Gasteiger partial charge on any atom is 0.276 e. The number of hydrogen-bond donors (Lipinski definition) is 1. The summed E-state index contributed by atoms with van der Waals surface area (Å²) in [6.45, 7) is 1.93. The summed E-state index contributed by atoms with van der Waals surface area (Å²) in [5.41, 5.74) is 2.76. The van der Waals surface area contributed by atoms with Gasteiger partial charge in [0.15, 0.2) is 5.65 Å². The summed E-state index contributed by atoms with van der Waals surface area (Å²) in [5, 5.41) is 11.9. The first kappa shape index (κ1) is 13.8. The van der Waals surface area contributed by atoms with Crippen LogP contribution in [0.25, 0.3) is 16.9 Å². The fraction of sp³-hybridized carbons (Fsp3) is 0.133. The van der Waals surface area contributed by atoms with E-state index in [2.05, 4.69) is 32.7 Å². The molecule has 21 heavy (non-hydrogen) atoms. The molecule has 5 nitrogen and oxygen atoms in total. The lowest BCUT2D eigenvalue weighted by Crippen LogP contribution is -2.21. The van der Waals surface area contributed by atoms with E-state index in [0.29, 0.717) is 28.9 Å². The fourth-order valence-electron chi connectivity index (χ4n) is 2.33.